The largest absolute Gasteiger partial charge is 0.497 e. The highest BCUT2D eigenvalue weighted by molar-refractivity contribution is 6.06. The maximum Gasteiger partial charge on any atom is 0.255 e. The fraction of sp³-hybridized carbons (Fsp3) is 0.154. The number of allylic oxidation sites excluding steroid dienone is 1. The van der Waals surface area contributed by atoms with Crippen molar-refractivity contribution in [2.45, 2.75) is 13.0 Å². The van der Waals surface area contributed by atoms with Crippen molar-refractivity contribution in [1.82, 2.24) is 19.7 Å². The van der Waals surface area contributed by atoms with Gasteiger partial charge < -0.3 is 20.1 Å². The zero-order chi connectivity index (χ0) is 24.4. The van der Waals surface area contributed by atoms with E-state index in [4.69, 9.17) is 19.6 Å². The fourth-order valence-corrected chi connectivity index (χ4v) is 4.10. The van der Waals surface area contributed by atoms with Crippen molar-refractivity contribution in [3.05, 3.63) is 89.9 Å². The van der Waals surface area contributed by atoms with Crippen LogP contribution in [-0.4, -0.2) is 39.9 Å². The lowest BCUT2D eigenvalue weighted by Crippen LogP contribution is -2.31. The van der Waals surface area contributed by atoms with E-state index in [9.17, 15) is 4.79 Å². The van der Waals surface area contributed by atoms with Crippen LogP contribution < -0.4 is 20.1 Å². The second kappa shape index (κ2) is 9.30. The summed E-state index contributed by atoms with van der Waals surface area (Å²) < 4.78 is 12.4. The minimum Gasteiger partial charge on any atom is -0.497 e. The summed E-state index contributed by atoms with van der Waals surface area (Å²) in [7, 11) is 3.19. The van der Waals surface area contributed by atoms with Crippen molar-refractivity contribution >= 4 is 17.5 Å². The van der Waals surface area contributed by atoms with E-state index in [1.54, 1.807) is 43.4 Å². The summed E-state index contributed by atoms with van der Waals surface area (Å²) in [6, 6.07) is 18.0. The number of nitrogens with zero attached hydrogens (tertiary/aromatic N) is 4. The summed E-state index contributed by atoms with van der Waals surface area (Å²) in [5.74, 6) is 2.13. The van der Waals surface area contributed by atoms with E-state index in [0.717, 1.165) is 16.9 Å². The molecule has 0 fully saturated rings. The lowest BCUT2D eigenvalue weighted by Gasteiger charge is -2.28. The molecule has 35 heavy (non-hydrogen) atoms. The van der Waals surface area contributed by atoms with Crippen LogP contribution in [0.15, 0.2) is 84.3 Å². The molecule has 9 nitrogen and oxygen atoms in total. The van der Waals surface area contributed by atoms with Crippen molar-refractivity contribution < 1.29 is 14.3 Å². The Morgan fingerprint density at radius 3 is 2.46 bits per heavy atom. The Balaban J connectivity index is 1.57. The molecule has 0 aliphatic carbocycles. The van der Waals surface area contributed by atoms with Gasteiger partial charge in [-0.15, -0.1) is 5.10 Å². The molecular formula is C26H24N6O3. The van der Waals surface area contributed by atoms with E-state index in [-0.39, 0.29) is 5.91 Å². The Labute approximate surface area is 202 Å². The van der Waals surface area contributed by atoms with Gasteiger partial charge in [-0.1, -0.05) is 12.1 Å². The molecule has 3 heterocycles. The zero-order valence-electron chi connectivity index (χ0n) is 19.5. The predicted molar refractivity (Wildman–Crippen MR) is 132 cm³/mol. The first-order chi connectivity index (χ1) is 17.1. The van der Waals surface area contributed by atoms with Gasteiger partial charge in [0, 0.05) is 23.7 Å². The summed E-state index contributed by atoms with van der Waals surface area (Å²) in [6.45, 7) is 1.86. The SMILES string of the molecule is COc1ccc(-c2nc3n(n2)C(c2ccncc2)C(C(=O)Nc2ccccc2OC)=C(C)N3)cc1. The van der Waals surface area contributed by atoms with E-state index in [2.05, 4.69) is 15.6 Å². The van der Waals surface area contributed by atoms with Gasteiger partial charge in [-0.3, -0.25) is 9.78 Å². The first kappa shape index (κ1) is 22.1. The van der Waals surface area contributed by atoms with Crippen LogP contribution >= 0.6 is 0 Å². The number of nitrogens with one attached hydrogen (secondary N) is 2. The molecule has 0 spiro atoms. The maximum absolute atomic E-state index is 13.6. The first-order valence-corrected chi connectivity index (χ1v) is 11.0. The van der Waals surface area contributed by atoms with Crippen molar-refractivity contribution in [2.24, 2.45) is 0 Å². The fourth-order valence-electron chi connectivity index (χ4n) is 4.10. The third kappa shape index (κ3) is 4.19. The molecular weight excluding hydrogens is 444 g/mol. The molecule has 1 unspecified atom stereocenters. The van der Waals surface area contributed by atoms with E-state index in [1.807, 2.05) is 55.5 Å². The van der Waals surface area contributed by atoms with Crippen LogP contribution in [0.5, 0.6) is 11.5 Å². The molecule has 2 aromatic heterocycles. The van der Waals surface area contributed by atoms with Crippen LogP contribution in [-0.2, 0) is 4.79 Å². The smallest absolute Gasteiger partial charge is 0.255 e. The molecule has 1 amide bonds. The molecule has 176 valence electrons. The Hall–Kier alpha value is -4.66. The van der Waals surface area contributed by atoms with E-state index < -0.39 is 6.04 Å². The third-order valence-electron chi connectivity index (χ3n) is 5.82. The van der Waals surface area contributed by atoms with Crippen molar-refractivity contribution in [3.63, 3.8) is 0 Å². The number of benzene rings is 2. The number of pyridine rings is 1. The number of hydrogen-bond acceptors (Lipinski definition) is 7. The van der Waals surface area contributed by atoms with Crippen LogP contribution in [0.25, 0.3) is 11.4 Å². The zero-order valence-corrected chi connectivity index (χ0v) is 19.5. The number of amides is 1. The van der Waals surface area contributed by atoms with Crippen LogP contribution in [0.2, 0.25) is 0 Å². The van der Waals surface area contributed by atoms with Crippen molar-refractivity contribution in [1.29, 1.82) is 0 Å². The third-order valence-corrected chi connectivity index (χ3v) is 5.82. The number of fused-ring (bicyclic) bond motifs is 1. The number of ether oxygens (including phenoxy) is 2. The molecule has 0 saturated carbocycles. The average molecular weight is 469 g/mol. The highest BCUT2D eigenvalue weighted by Gasteiger charge is 2.34. The number of hydrogen-bond donors (Lipinski definition) is 2. The van der Waals surface area contributed by atoms with Crippen LogP contribution in [0.1, 0.15) is 18.5 Å². The number of carbonyl (C=O) groups excluding carboxylic acids is 1. The van der Waals surface area contributed by atoms with Crippen LogP contribution in [0.3, 0.4) is 0 Å². The average Bonchev–Trinajstić information content (AvgIpc) is 3.32. The lowest BCUT2D eigenvalue weighted by atomic mass is 9.96. The van der Waals surface area contributed by atoms with Gasteiger partial charge in [0.05, 0.1) is 25.5 Å². The van der Waals surface area contributed by atoms with Gasteiger partial charge in [-0.25, -0.2) is 4.68 Å². The minimum absolute atomic E-state index is 0.270. The molecule has 0 radical (unpaired) electrons. The van der Waals surface area contributed by atoms with Crippen LogP contribution in [0.4, 0.5) is 11.6 Å². The van der Waals surface area contributed by atoms with Crippen molar-refractivity contribution in [2.75, 3.05) is 24.9 Å². The van der Waals surface area contributed by atoms with Gasteiger partial charge in [0.1, 0.15) is 17.5 Å². The first-order valence-electron chi connectivity index (χ1n) is 11.0. The summed E-state index contributed by atoms with van der Waals surface area (Å²) >= 11 is 0. The molecule has 1 aliphatic heterocycles. The Morgan fingerprint density at radius 1 is 1.00 bits per heavy atom. The maximum atomic E-state index is 13.6. The molecule has 5 rings (SSSR count). The molecule has 9 heteroatoms. The summed E-state index contributed by atoms with van der Waals surface area (Å²) in [5.41, 5.74) is 3.47. The van der Waals surface area contributed by atoms with Crippen molar-refractivity contribution in [3.8, 4) is 22.9 Å². The van der Waals surface area contributed by atoms with Gasteiger partial charge >= 0.3 is 0 Å². The standard InChI is InChI=1S/C26H24N6O3/c1-16-22(25(33)29-20-6-4-5-7-21(20)35-3)23(17-12-14-27-15-13-17)32-26(28-16)30-24(31-32)18-8-10-19(34-2)11-9-18/h4-15,23H,1-3H3,(H,29,33)(H,28,30,31). The summed E-state index contributed by atoms with van der Waals surface area (Å²) in [4.78, 5) is 22.5. The predicted octanol–water partition coefficient (Wildman–Crippen LogP) is 4.28. The Morgan fingerprint density at radius 2 is 1.74 bits per heavy atom. The van der Waals surface area contributed by atoms with Gasteiger partial charge in [0.15, 0.2) is 5.82 Å². The van der Waals surface area contributed by atoms with Gasteiger partial charge in [-0.05, 0) is 61.0 Å². The number of para-hydroxylation sites is 2. The monoisotopic (exact) mass is 468 g/mol. The topological polar surface area (TPSA) is 103 Å². The molecule has 1 atom stereocenters. The minimum atomic E-state index is -0.511. The number of rotatable bonds is 6. The molecule has 0 bridgehead atoms. The molecule has 1 aliphatic rings. The highest BCUT2D eigenvalue weighted by atomic mass is 16.5. The number of methoxy groups -OCH3 is 2. The molecule has 2 aromatic carbocycles. The van der Waals surface area contributed by atoms with Gasteiger partial charge in [-0.2, -0.15) is 4.98 Å². The van der Waals surface area contributed by atoms with E-state index in [1.165, 1.54) is 0 Å². The Bertz CT molecular complexity index is 1400. The summed E-state index contributed by atoms with van der Waals surface area (Å²) in [6.07, 6.45) is 3.40. The van der Waals surface area contributed by atoms with Gasteiger partial charge in [0.25, 0.3) is 5.91 Å². The number of aromatic nitrogens is 4. The highest BCUT2D eigenvalue weighted by Crippen LogP contribution is 2.37. The molecule has 0 saturated heterocycles. The van der Waals surface area contributed by atoms with E-state index in [0.29, 0.717) is 34.5 Å². The number of carbonyl (C=O) groups is 1. The van der Waals surface area contributed by atoms with Crippen LogP contribution in [0, 0.1) is 0 Å². The Kier molecular flexibility index (Phi) is 5.88. The number of anilines is 2. The van der Waals surface area contributed by atoms with E-state index >= 15 is 0 Å². The summed E-state index contributed by atoms with van der Waals surface area (Å²) in [5, 5.41) is 11.0. The quantitative estimate of drug-likeness (QED) is 0.435. The molecule has 4 aromatic rings. The van der Waals surface area contributed by atoms with Gasteiger partial charge in [0.2, 0.25) is 5.95 Å². The second-order valence-electron chi connectivity index (χ2n) is 7.93. The lowest BCUT2D eigenvalue weighted by molar-refractivity contribution is -0.113. The second-order valence-corrected chi connectivity index (χ2v) is 7.93. The molecule has 2 N–H and O–H groups in total. The normalized spacial score (nSPS) is 14.7.